The number of likely N-dealkylation sites (tertiary alicyclic amines) is 1. The highest BCUT2D eigenvalue weighted by atomic mass is 16.5. The summed E-state index contributed by atoms with van der Waals surface area (Å²) in [6.45, 7) is 14.1. The fourth-order valence-corrected chi connectivity index (χ4v) is 3.54. The number of ether oxygens (including phenoxy) is 1. The van der Waals surface area contributed by atoms with Crippen molar-refractivity contribution in [3.05, 3.63) is 0 Å². The van der Waals surface area contributed by atoms with E-state index in [4.69, 9.17) is 9.84 Å². The van der Waals surface area contributed by atoms with Crippen LogP contribution in [0.1, 0.15) is 26.7 Å². The molecule has 0 bridgehead atoms. The number of aliphatic hydroxyl groups excluding tert-OH is 1. The lowest BCUT2D eigenvalue weighted by Gasteiger charge is -2.36. The summed E-state index contributed by atoms with van der Waals surface area (Å²) in [4.78, 5) is 7.74. The van der Waals surface area contributed by atoms with Crippen molar-refractivity contribution in [1.82, 2.24) is 14.7 Å². The van der Waals surface area contributed by atoms with Crippen LogP contribution in [0.4, 0.5) is 0 Å². The Morgan fingerprint density at radius 2 is 1.43 bits per heavy atom. The summed E-state index contributed by atoms with van der Waals surface area (Å²) in [7, 11) is 0. The molecule has 0 aromatic rings. The quantitative estimate of drug-likeness (QED) is 0.660. The summed E-state index contributed by atoms with van der Waals surface area (Å²) in [6, 6.07) is 1.54. The molecule has 21 heavy (non-hydrogen) atoms. The maximum absolute atomic E-state index is 8.67. The van der Waals surface area contributed by atoms with E-state index in [-0.39, 0.29) is 6.61 Å². The van der Waals surface area contributed by atoms with Gasteiger partial charge in [-0.05, 0) is 26.7 Å². The molecule has 2 aliphatic heterocycles. The SMILES string of the molecule is CC1CCC(C)N1CCN1CCN(CCOCCO)CC1. The van der Waals surface area contributed by atoms with E-state index in [0.29, 0.717) is 6.61 Å². The molecular formula is C16H33N3O2. The van der Waals surface area contributed by atoms with Gasteiger partial charge in [0.15, 0.2) is 0 Å². The molecule has 0 aliphatic carbocycles. The molecule has 124 valence electrons. The number of piperazine rings is 1. The van der Waals surface area contributed by atoms with E-state index < -0.39 is 0 Å². The minimum absolute atomic E-state index is 0.126. The molecular weight excluding hydrogens is 266 g/mol. The van der Waals surface area contributed by atoms with Gasteiger partial charge in [0.1, 0.15) is 0 Å². The second kappa shape index (κ2) is 9.06. The Hall–Kier alpha value is -0.200. The summed E-state index contributed by atoms with van der Waals surface area (Å²) in [5.41, 5.74) is 0. The molecule has 2 unspecified atom stereocenters. The van der Waals surface area contributed by atoms with Gasteiger partial charge in [-0.1, -0.05) is 0 Å². The highest BCUT2D eigenvalue weighted by Gasteiger charge is 2.27. The van der Waals surface area contributed by atoms with Gasteiger partial charge in [-0.15, -0.1) is 0 Å². The molecule has 2 heterocycles. The minimum Gasteiger partial charge on any atom is -0.394 e. The van der Waals surface area contributed by atoms with Crippen molar-refractivity contribution in [3.63, 3.8) is 0 Å². The Bertz CT molecular complexity index is 273. The van der Waals surface area contributed by atoms with E-state index in [9.17, 15) is 0 Å². The Morgan fingerprint density at radius 1 is 0.857 bits per heavy atom. The van der Waals surface area contributed by atoms with E-state index in [1.807, 2.05) is 0 Å². The van der Waals surface area contributed by atoms with Crippen LogP contribution in [0.2, 0.25) is 0 Å². The van der Waals surface area contributed by atoms with Crippen LogP contribution in [0.5, 0.6) is 0 Å². The highest BCUT2D eigenvalue weighted by Crippen LogP contribution is 2.22. The first-order valence-electron chi connectivity index (χ1n) is 8.59. The Labute approximate surface area is 129 Å². The van der Waals surface area contributed by atoms with Crippen LogP contribution in [0.25, 0.3) is 0 Å². The van der Waals surface area contributed by atoms with E-state index >= 15 is 0 Å². The summed E-state index contributed by atoms with van der Waals surface area (Å²) in [6.07, 6.45) is 2.73. The van der Waals surface area contributed by atoms with Gasteiger partial charge in [-0.2, -0.15) is 0 Å². The Kier molecular flexibility index (Phi) is 7.40. The van der Waals surface area contributed by atoms with Crippen molar-refractivity contribution in [2.45, 2.75) is 38.8 Å². The second-order valence-electron chi connectivity index (χ2n) is 6.53. The normalized spacial score (nSPS) is 29.3. The van der Waals surface area contributed by atoms with E-state index in [1.54, 1.807) is 0 Å². The van der Waals surface area contributed by atoms with E-state index in [0.717, 1.165) is 38.3 Å². The number of hydrogen-bond donors (Lipinski definition) is 1. The first-order chi connectivity index (χ1) is 10.2. The molecule has 0 aromatic carbocycles. The first-order valence-corrected chi connectivity index (χ1v) is 8.59. The zero-order valence-corrected chi connectivity index (χ0v) is 13.8. The van der Waals surface area contributed by atoms with Crippen LogP contribution in [0, 0.1) is 0 Å². The van der Waals surface area contributed by atoms with Gasteiger partial charge in [-0.25, -0.2) is 0 Å². The molecule has 0 aromatic heterocycles. The number of nitrogens with zero attached hydrogens (tertiary/aromatic N) is 3. The predicted molar refractivity (Wildman–Crippen MR) is 85.6 cm³/mol. The van der Waals surface area contributed by atoms with Crippen molar-refractivity contribution in [3.8, 4) is 0 Å². The van der Waals surface area contributed by atoms with Crippen molar-refractivity contribution in [1.29, 1.82) is 0 Å². The maximum atomic E-state index is 8.67. The molecule has 5 nitrogen and oxygen atoms in total. The van der Waals surface area contributed by atoms with Crippen LogP contribution in [-0.2, 0) is 4.74 Å². The van der Waals surface area contributed by atoms with Crippen molar-refractivity contribution < 1.29 is 9.84 Å². The lowest BCUT2D eigenvalue weighted by Crippen LogP contribution is -2.49. The lowest BCUT2D eigenvalue weighted by atomic mass is 10.2. The third-order valence-electron chi connectivity index (χ3n) is 5.06. The number of rotatable bonds is 8. The van der Waals surface area contributed by atoms with Crippen LogP contribution in [0.15, 0.2) is 0 Å². The molecule has 2 atom stereocenters. The molecule has 2 aliphatic rings. The minimum atomic E-state index is 0.126. The predicted octanol–water partition coefficient (Wildman–Crippen LogP) is 0.486. The summed E-state index contributed by atoms with van der Waals surface area (Å²) in [5.74, 6) is 0. The number of hydrogen-bond acceptors (Lipinski definition) is 5. The largest absolute Gasteiger partial charge is 0.394 e. The van der Waals surface area contributed by atoms with Gasteiger partial charge < -0.3 is 9.84 Å². The number of aliphatic hydroxyl groups is 1. The summed E-state index contributed by atoms with van der Waals surface area (Å²) >= 11 is 0. The highest BCUT2D eigenvalue weighted by molar-refractivity contribution is 4.83. The van der Waals surface area contributed by atoms with Crippen molar-refractivity contribution in [2.75, 3.05) is 65.6 Å². The second-order valence-corrected chi connectivity index (χ2v) is 6.53. The maximum Gasteiger partial charge on any atom is 0.0698 e. The molecule has 2 fully saturated rings. The molecule has 2 rings (SSSR count). The fourth-order valence-electron chi connectivity index (χ4n) is 3.54. The monoisotopic (exact) mass is 299 g/mol. The fraction of sp³-hybridized carbons (Fsp3) is 1.00. The zero-order valence-electron chi connectivity index (χ0n) is 13.8. The van der Waals surface area contributed by atoms with Crippen molar-refractivity contribution in [2.24, 2.45) is 0 Å². The third kappa shape index (κ3) is 5.49. The Balaban J connectivity index is 1.56. The summed E-state index contributed by atoms with van der Waals surface area (Å²) < 4.78 is 5.34. The van der Waals surface area contributed by atoms with Crippen LogP contribution in [0.3, 0.4) is 0 Å². The molecule has 0 spiro atoms. The van der Waals surface area contributed by atoms with Gasteiger partial charge in [0, 0.05) is 57.9 Å². The van der Waals surface area contributed by atoms with Crippen LogP contribution >= 0.6 is 0 Å². The molecule has 5 heteroatoms. The van der Waals surface area contributed by atoms with Gasteiger partial charge in [0.05, 0.1) is 19.8 Å². The molecule has 1 N–H and O–H groups in total. The molecule has 0 amide bonds. The first kappa shape index (κ1) is 17.2. The van der Waals surface area contributed by atoms with E-state index in [1.165, 1.54) is 39.0 Å². The smallest absolute Gasteiger partial charge is 0.0698 e. The molecule has 0 saturated carbocycles. The van der Waals surface area contributed by atoms with E-state index in [2.05, 4.69) is 28.5 Å². The van der Waals surface area contributed by atoms with Gasteiger partial charge >= 0.3 is 0 Å². The summed E-state index contributed by atoms with van der Waals surface area (Å²) in [5, 5.41) is 8.67. The van der Waals surface area contributed by atoms with Crippen LogP contribution in [-0.4, -0.2) is 97.5 Å². The standard InChI is InChI=1S/C16H33N3O2/c1-15-3-4-16(2)19(15)10-9-17-5-7-18(8-6-17)11-13-21-14-12-20/h15-16,20H,3-14H2,1-2H3. The van der Waals surface area contributed by atoms with Gasteiger partial charge in [-0.3, -0.25) is 14.7 Å². The molecule has 2 saturated heterocycles. The van der Waals surface area contributed by atoms with Crippen molar-refractivity contribution >= 4 is 0 Å². The van der Waals surface area contributed by atoms with Gasteiger partial charge in [0.25, 0.3) is 0 Å². The lowest BCUT2D eigenvalue weighted by molar-refractivity contribution is 0.0546. The van der Waals surface area contributed by atoms with Crippen LogP contribution < -0.4 is 0 Å². The average Bonchev–Trinajstić information content (AvgIpc) is 2.82. The zero-order chi connectivity index (χ0) is 15.1. The Morgan fingerprint density at radius 3 is 2.00 bits per heavy atom. The topological polar surface area (TPSA) is 39.2 Å². The van der Waals surface area contributed by atoms with Gasteiger partial charge in [0.2, 0.25) is 0 Å². The third-order valence-corrected chi connectivity index (χ3v) is 5.06. The average molecular weight is 299 g/mol. The molecule has 0 radical (unpaired) electrons.